The van der Waals surface area contributed by atoms with Crippen molar-refractivity contribution in [3.8, 4) is 0 Å². The number of anilines is 1. The topological polar surface area (TPSA) is 46.0 Å². The molecular weight excluding hydrogens is 298 g/mol. The van der Waals surface area contributed by atoms with E-state index in [0.29, 0.717) is 6.04 Å². The standard InChI is InChI=1S/C19H23N5/c1-23-11-15(17-6-2-3-7-18(17)23)12-24-10-4-5-16(13-24)22-19-8-9-20-14-21-19/h2-3,6-9,11,14,16H,4-5,10,12-13H2,1H3,(H,20,21,22). The first-order chi connectivity index (χ1) is 11.8. The van der Waals surface area contributed by atoms with E-state index < -0.39 is 0 Å². The van der Waals surface area contributed by atoms with Crippen molar-refractivity contribution in [3.63, 3.8) is 0 Å². The fourth-order valence-corrected chi connectivity index (χ4v) is 3.69. The molecule has 1 aliphatic rings. The molecule has 1 aliphatic heterocycles. The molecule has 1 saturated heterocycles. The Kier molecular flexibility index (Phi) is 4.17. The number of rotatable bonds is 4. The molecule has 0 bridgehead atoms. The number of piperidine rings is 1. The summed E-state index contributed by atoms with van der Waals surface area (Å²) in [6.07, 6.45) is 8.06. The van der Waals surface area contributed by atoms with Crippen LogP contribution in [0.1, 0.15) is 18.4 Å². The van der Waals surface area contributed by atoms with Gasteiger partial charge in [0.15, 0.2) is 0 Å². The number of aryl methyl sites for hydroxylation is 1. The van der Waals surface area contributed by atoms with E-state index in [1.54, 1.807) is 12.5 Å². The van der Waals surface area contributed by atoms with Crippen molar-refractivity contribution >= 4 is 16.7 Å². The third-order valence-electron chi connectivity index (χ3n) is 4.81. The maximum absolute atomic E-state index is 4.28. The van der Waals surface area contributed by atoms with Crippen LogP contribution in [-0.2, 0) is 13.6 Å². The molecule has 5 nitrogen and oxygen atoms in total. The smallest absolute Gasteiger partial charge is 0.129 e. The van der Waals surface area contributed by atoms with Gasteiger partial charge in [0.2, 0.25) is 0 Å². The van der Waals surface area contributed by atoms with Crippen LogP contribution >= 0.6 is 0 Å². The van der Waals surface area contributed by atoms with E-state index in [9.17, 15) is 0 Å². The van der Waals surface area contributed by atoms with Gasteiger partial charge in [-0.25, -0.2) is 9.97 Å². The van der Waals surface area contributed by atoms with Crippen LogP contribution in [0.3, 0.4) is 0 Å². The Balaban J connectivity index is 1.46. The van der Waals surface area contributed by atoms with Gasteiger partial charge in [0.25, 0.3) is 0 Å². The van der Waals surface area contributed by atoms with Gasteiger partial charge >= 0.3 is 0 Å². The highest BCUT2D eigenvalue weighted by Crippen LogP contribution is 2.23. The van der Waals surface area contributed by atoms with Crippen LogP contribution in [0.5, 0.6) is 0 Å². The molecule has 0 radical (unpaired) electrons. The van der Waals surface area contributed by atoms with Crippen molar-refractivity contribution in [3.05, 3.63) is 54.6 Å². The maximum atomic E-state index is 4.28. The van der Waals surface area contributed by atoms with Crippen LogP contribution in [0.25, 0.3) is 10.9 Å². The molecule has 1 unspecified atom stereocenters. The molecule has 5 heteroatoms. The Bertz CT molecular complexity index is 811. The summed E-state index contributed by atoms with van der Waals surface area (Å²) in [7, 11) is 2.13. The molecule has 4 rings (SSSR count). The summed E-state index contributed by atoms with van der Waals surface area (Å²) in [6, 6.07) is 11.0. The lowest BCUT2D eigenvalue weighted by Crippen LogP contribution is -2.41. The van der Waals surface area contributed by atoms with E-state index in [2.05, 4.69) is 62.3 Å². The number of hydrogen-bond donors (Lipinski definition) is 1. The lowest BCUT2D eigenvalue weighted by molar-refractivity contribution is 0.209. The van der Waals surface area contributed by atoms with Gasteiger partial charge in [-0.1, -0.05) is 18.2 Å². The number of fused-ring (bicyclic) bond motifs is 1. The summed E-state index contributed by atoms with van der Waals surface area (Å²) in [5, 5.41) is 4.91. The minimum Gasteiger partial charge on any atom is -0.366 e. The molecule has 0 amide bonds. The van der Waals surface area contributed by atoms with Crippen LogP contribution in [0, 0.1) is 0 Å². The molecule has 1 fully saturated rings. The normalized spacial score (nSPS) is 18.8. The number of aromatic nitrogens is 3. The fourth-order valence-electron chi connectivity index (χ4n) is 3.69. The molecule has 124 valence electrons. The lowest BCUT2D eigenvalue weighted by atomic mass is 10.0. The first-order valence-corrected chi connectivity index (χ1v) is 8.57. The summed E-state index contributed by atoms with van der Waals surface area (Å²) in [6.45, 7) is 3.21. The fraction of sp³-hybridized carbons (Fsp3) is 0.368. The van der Waals surface area contributed by atoms with Crippen LogP contribution < -0.4 is 5.32 Å². The predicted octanol–water partition coefficient (Wildman–Crippen LogP) is 3.04. The van der Waals surface area contributed by atoms with Crippen molar-refractivity contribution in [2.45, 2.75) is 25.4 Å². The highest BCUT2D eigenvalue weighted by atomic mass is 15.2. The zero-order valence-corrected chi connectivity index (χ0v) is 14.0. The molecule has 0 aliphatic carbocycles. The predicted molar refractivity (Wildman–Crippen MR) is 96.9 cm³/mol. The van der Waals surface area contributed by atoms with Crippen molar-refractivity contribution in [1.82, 2.24) is 19.4 Å². The number of para-hydroxylation sites is 1. The van der Waals surface area contributed by atoms with E-state index in [-0.39, 0.29) is 0 Å². The van der Waals surface area contributed by atoms with Gasteiger partial charge in [0, 0.05) is 49.5 Å². The molecule has 3 aromatic rings. The van der Waals surface area contributed by atoms with Crippen molar-refractivity contribution in [1.29, 1.82) is 0 Å². The van der Waals surface area contributed by atoms with Crippen molar-refractivity contribution in [2.24, 2.45) is 7.05 Å². The Morgan fingerprint density at radius 3 is 3.04 bits per heavy atom. The van der Waals surface area contributed by atoms with Crippen molar-refractivity contribution < 1.29 is 0 Å². The minimum absolute atomic E-state index is 0.448. The number of benzene rings is 1. The summed E-state index contributed by atoms with van der Waals surface area (Å²) >= 11 is 0. The first-order valence-electron chi connectivity index (χ1n) is 8.57. The lowest BCUT2D eigenvalue weighted by Gasteiger charge is -2.33. The highest BCUT2D eigenvalue weighted by Gasteiger charge is 2.21. The third-order valence-corrected chi connectivity index (χ3v) is 4.81. The van der Waals surface area contributed by atoms with Gasteiger partial charge in [0.05, 0.1) is 0 Å². The molecule has 24 heavy (non-hydrogen) atoms. The van der Waals surface area contributed by atoms with E-state index in [4.69, 9.17) is 0 Å². The zero-order chi connectivity index (χ0) is 16.4. The van der Waals surface area contributed by atoms with Gasteiger partial charge in [-0.15, -0.1) is 0 Å². The quantitative estimate of drug-likeness (QED) is 0.802. The maximum Gasteiger partial charge on any atom is 0.129 e. The Morgan fingerprint density at radius 2 is 2.17 bits per heavy atom. The highest BCUT2D eigenvalue weighted by molar-refractivity contribution is 5.83. The van der Waals surface area contributed by atoms with Crippen LogP contribution in [0.2, 0.25) is 0 Å². The number of hydrogen-bond acceptors (Lipinski definition) is 4. The number of nitrogens with one attached hydrogen (secondary N) is 1. The van der Waals surface area contributed by atoms with Gasteiger partial charge < -0.3 is 9.88 Å². The van der Waals surface area contributed by atoms with E-state index >= 15 is 0 Å². The van der Waals surface area contributed by atoms with E-state index in [1.807, 2.05) is 6.07 Å². The number of likely N-dealkylation sites (tertiary alicyclic amines) is 1. The van der Waals surface area contributed by atoms with Gasteiger partial charge in [-0.2, -0.15) is 0 Å². The first kappa shape index (κ1) is 15.1. The molecular formula is C19H23N5. The molecule has 1 aromatic carbocycles. The molecule has 2 aromatic heterocycles. The molecule has 0 spiro atoms. The minimum atomic E-state index is 0.448. The Labute approximate surface area is 142 Å². The number of nitrogens with zero attached hydrogens (tertiary/aromatic N) is 4. The summed E-state index contributed by atoms with van der Waals surface area (Å²) < 4.78 is 2.23. The molecule has 1 atom stereocenters. The summed E-state index contributed by atoms with van der Waals surface area (Å²) in [5.74, 6) is 0.919. The average Bonchev–Trinajstić information content (AvgIpc) is 2.93. The second-order valence-electron chi connectivity index (χ2n) is 6.60. The second-order valence-corrected chi connectivity index (χ2v) is 6.60. The van der Waals surface area contributed by atoms with Crippen LogP contribution in [-0.4, -0.2) is 38.6 Å². The van der Waals surface area contributed by atoms with Gasteiger partial charge in [0.1, 0.15) is 12.1 Å². The van der Waals surface area contributed by atoms with Gasteiger partial charge in [-0.05, 0) is 37.1 Å². The van der Waals surface area contributed by atoms with Crippen molar-refractivity contribution in [2.75, 3.05) is 18.4 Å². The SMILES string of the molecule is Cn1cc(CN2CCCC(Nc3ccncn3)C2)c2ccccc21. The molecule has 0 saturated carbocycles. The average molecular weight is 321 g/mol. The largest absolute Gasteiger partial charge is 0.366 e. The summed E-state index contributed by atoms with van der Waals surface area (Å²) in [4.78, 5) is 10.8. The van der Waals surface area contributed by atoms with Gasteiger partial charge in [-0.3, -0.25) is 4.90 Å². The summed E-state index contributed by atoms with van der Waals surface area (Å²) in [5.41, 5.74) is 2.72. The van der Waals surface area contributed by atoms with E-state index in [0.717, 1.165) is 25.5 Å². The molecule has 1 N–H and O–H groups in total. The van der Waals surface area contributed by atoms with Crippen LogP contribution in [0.15, 0.2) is 49.1 Å². The molecule has 3 heterocycles. The second kappa shape index (κ2) is 6.61. The zero-order valence-electron chi connectivity index (χ0n) is 14.0. The Morgan fingerprint density at radius 1 is 1.25 bits per heavy atom. The monoisotopic (exact) mass is 321 g/mol. The van der Waals surface area contributed by atoms with E-state index in [1.165, 1.54) is 29.3 Å². The third kappa shape index (κ3) is 3.12. The Hall–Kier alpha value is -2.40. The van der Waals surface area contributed by atoms with Crippen LogP contribution in [0.4, 0.5) is 5.82 Å².